The van der Waals surface area contributed by atoms with E-state index in [2.05, 4.69) is 21.0 Å². The summed E-state index contributed by atoms with van der Waals surface area (Å²) in [7, 11) is -0.969. The van der Waals surface area contributed by atoms with Gasteiger partial charge in [0.15, 0.2) is 0 Å². The van der Waals surface area contributed by atoms with Crippen molar-refractivity contribution in [2.75, 3.05) is 20.7 Å². The van der Waals surface area contributed by atoms with E-state index in [-0.39, 0.29) is 16.6 Å². The maximum atomic E-state index is 13.0. The van der Waals surface area contributed by atoms with E-state index >= 15 is 0 Å². The van der Waals surface area contributed by atoms with Crippen LogP contribution in [0.2, 0.25) is 0 Å². The SMILES string of the molecule is CNS(=O)(=O)c1cc(-c2cc(C(=O)N3CCc4ccccc4C3)[nH]n2)ccc1OC. The Hall–Kier alpha value is -3.17. The van der Waals surface area contributed by atoms with Gasteiger partial charge in [0.25, 0.3) is 5.91 Å². The first-order chi connectivity index (χ1) is 14.4. The van der Waals surface area contributed by atoms with Crippen LogP contribution >= 0.6 is 0 Å². The van der Waals surface area contributed by atoms with Crippen molar-refractivity contribution in [3.05, 3.63) is 65.4 Å². The minimum atomic E-state index is -3.71. The molecule has 2 heterocycles. The molecule has 0 radical (unpaired) electrons. The highest BCUT2D eigenvalue weighted by atomic mass is 32.2. The quantitative estimate of drug-likeness (QED) is 0.651. The van der Waals surface area contributed by atoms with Crippen LogP contribution in [-0.2, 0) is 23.0 Å². The molecule has 9 heteroatoms. The Labute approximate surface area is 174 Å². The summed E-state index contributed by atoms with van der Waals surface area (Å²) in [5.74, 6) is 0.0896. The van der Waals surface area contributed by atoms with Gasteiger partial charge in [-0.3, -0.25) is 9.89 Å². The van der Waals surface area contributed by atoms with Gasteiger partial charge in [0.1, 0.15) is 16.3 Å². The highest BCUT2D eigenvalue weighted by molar-refractivity contribution is 7.89. The van der Waals surface area contributed by atoms with E-state index in [1.165, 1.54) is 25.8 Å². The van der Waals surface area contributed by atoms with Crippen LogP contribution in [0.1, 0.15) is 21.6 Å². The van der Waals surface area contributed by atoms with E-state index in [1.807, 2.05) is 18.2 Å². The fourth-order valence-corrected chi connectivity index (χ4v) is 4.49. The summed E-state index contributed by atoms with van der Waals surface area (Å²) in [5, 5.41) is 7.01. The number of aromatic nitrogens is 2. The number of fused-ring (bicyclic) bond motifs is 1. The smallest absolute Gasteiger partial charge is 0.272 e. The zero-order chi connectivity index (χ0) is 21.3. The third kappa shape index (κ3) is 3.69. The molecule has 0 unspecified atom stereocenters. The summed E-state index contributed by atoms with van der Waals surface area (Å²) < 4.78 is 32.1. The van der Waals surface area contributed by atoms with Crippen LogP contribution in [0.15, 0.2) is 53.4 Å². The summed E-state index contributed by atoms with van der Waals surface area (Å²) in [6.45, 7) is 1.19. The lowest BCUT2D eigenvalue weighted by Crippen LogP contribution is -2.36. The number of benzene rings is 2. The third-order valence-corrected chi connectivity index (χ3v) is 6.68. The molecule has 1 aromatic heterocycles. The summed E-state index contributed by atoms with van der Waals surface area (Å²) in [6.07, 6.45) is 0.812. The number of H-pyrrole nitrogens is 1. The van der Waals surface area contributed by atoms with Crippen LogP contribution in [0, 0.1) is 0 Å². The summed E-state index contributed by atoms with van der Waals surface area (Å²) in [4.78, 5) is 14.7. The monoisotopic (exact) mass is 426 g/mol. The van der Waals surface area contributed by atoms with Gasteiger partial charge in [0, 0.05) is 18.7 Å². The first kappa shape index (κ1) is 20.1. The molecule has 0 saturated carbocycles. The number of nitrogens with one attached hydrogen (secondary N) is 2. The number of aromatic amines is 1. The molecule has 0 atom stereocenters. The Morgan fingerprint density at radius 1 is 1.17 bits per heavy atom. The van der Waals surface area contributed by atoms with Gasteiger partial charge < -0.3 is 9.64 Å². The van der Waals surface area contributed by atoms with Gasteiger partial charge >= 0.3 is 0 Å². The molecule has 0 saturated heterocycles. The zero-order valence-corrected chi connectivity index (χ0v) is 17.5. The number of carbonyl (C=O) groups excluding carboxylic acids is 1. The molecule has 0 bridgehead atoms. The van der Waals surface area contributed by atoms with Crippen LogP contribution in [0.25, 0.3) is 11.3 Å². The molecule has 3 aromatic rings. The second kappa shape index (κ2) is 7.92. The highest BCUT2D eigenvalue weighted by Gasteiger charge is 2.24. The number of sulfonamides is 1. The Bertz CT molecular complexity index is 1200. The van der Waals surface area contributed by atoms with Crippen LogP contribution < -0.4 is 9.46 Å². The van der Waals surface area contributed by atoms with Crippen molar-refractivity contribution in [2.24, 2.45) is 0 Å². The molecule has 2 N–H and O–H groups in total. The van der Waals surface area contributed by atoms with Gasteiger partial charge in [-0.2, -0.15) is 5.10 Å². The van der Waals surface area contributed by atoms with Gasteiger partial charge in [-0.15, -0.1) is 0 Å². The fraction of sp³-hybridized carbons (Fsp3) is 0.238. The predicted octanol–water partition coefficient (Wildman–Crippen LogP) is 2.19. The Morgan fingerprint density at radius 2 is 1.93 bits per heavy atom. The Kier molecular flexibility index (Phi) is 5.31. The molecular weight excluding hydrogens is 404 g/mol. The normalized spacial score (nSPS) is 13.7. The number of methoxy groups -OCH3 is 1. The van der Waals surface area contributed by atoms with Crippen molar-refractivity contribution < 1.29 is 17.9 Å². The number of ether oxygens (including phenoxy) is 1. The first-order valence-corrected chi connectivity index (χ1v) is 10.9. The molecular formula is C21H22N4O4S. The summed E-state index contributed by atoms with van der Waals surface area (Å²) in [6, 6.07) is 14.5. The summed E-state index contributed by atoms with van der Waals surface area (Å²) in [5.41, 5.74) is 3.81. The Balaban J connectivity index is 1.60. The number of hydrogen-bond donors (Lipinski definition) is 2. The van der Waals surface area contributed by atoms with Crippen molar-refractivity contribution in [1.82, 2.24) is 19.8 Å². The number of amides is 1. The van der Waals surface area contributed by atoms with Crippen molar-refractivity contribution >= 4 is 15.9 Å². The molecule has 8 nitrogen and oxygen atoms in total. The average molecular weight is 426 g/mol. The van der Waals surface area contributed by atoms with E-state index in [1.54, 1.807) is 23.1 Å². The van der Waals surface area contributed by atoms with Gasteiger partial charge in [-0.1, -0.05) is 24.3 Å². The lowest BCUT2D eigenvalue weighted by molar-refractivity contribution is 0.0728. The zero-order valence-electron chi connectivity index (χ0n) is 16.7. The molecule has 156 valence electrons. The van der Waals surface area contributed by atoms with E-state index in [4.69, 9.17) is 4.74 Å². The minimum Gasteiger partial charge on any atom is -0.495 e. The van der Waals surface area contributed by atoms with Gasteiger partial charge in [-0.05, 0) is 48.9 Å². The molecule has 0 fully saturated rings. The lowest BCUT2D eigenvalue weighted by Gasteiger charge is -2.28. The van der Waals surface area contributed by atoms with Crippen LogP contribution in [0.5, 0.6) is 5.75 Å². The molecule has 1 aliphatic rings. The van der Waals surface area contributed by atoms with Gasteiger partial charge in [-0.25, -0.2) is 13.1 Å². The van der Waals surface area contributed by atoms with Gasteiger partial charge in [0.05, 0.1) is 12.8 Å². The maximum absolute atomic E-state index is 13.0. The number of hydrogen-bond acceptors (Lipinski definition) is 5. The van der Waals surface area contributed by atoms with Crippen LogP contribution in [-0.4, -0.2) is 50.1 Å². The first-order valence-electron chi connectivity index (χ1n) is 9.46. The van der Waals surface area contributed by atoms with E-state index < -0.39 is 10.0 Å². The third-order valence-electron chi connectivity index (χ3n) is 5.24. The van der Waals surface area contributed by atoms with E-state index in [0.717, 1.165) is 12.0 Å². The molecule has 0 spiro atoms. The topological polar surface area (TPSA) is 104 Å². The highest BCUT2D eigenvalue weighted by Crippen LogP contribution is 2.29. The van der Waals surface area contributed by atoms with E-state index in [9.17, 15) is 13.2 Å². The number of rotatable bonds is 5. The second-order valence-electron chi connectivity index (χ2n) is 6.99. The standard InChI is InChI=1S/C21H22N4O4S/c1-22-30(27,28)20-11-15(7-8-19(20)29-2)17-12-18(24-23-17)21(26)25-10-9-14-5-3-4-6-16(14)13-25/h3-8,11-12,22H,9-10,13H2,1-2H3,(H,23,24). The molecule has 2 aromatic carbocycles. The van der Waals surface area contributed by atoms with Crippen LogP contribution in [0.3, 0.4) is 0 Å². The molecule has 4 rings (SSSR count). The largest absolute Gasteiger partial charge is 0.495 e. The second-order valence-corrected chi connectivity index (χ2v) is 8.84. The van der Waals surface area contributed by atoms with Crippen molar-refractivity contribution in [1.29, 1.82) is 0 Å². The summed E-state index contributed by atoms with van der Waals surface area (Å²) >= 11 is 0. The minimum absolute atomic E-state index is 0.00788. The van der Waals surface area contributed by atoms with Crippen molar-refractivity contribution in [2.45, 2.75) is 17.9 Å². The number of carbonyl (C=O) groups is 1. The maximum Gasteiger partial charge on any atom is 0.272 e. The molecule has 1 aliphatic heterocycles. The number of nitrogens with zero attached hydrogens (tertiary/aromatic N) is 2. The molecule has 1 amide bonds. The molecule has 30 heavy (non-hydrogen) atoms. The van der Waals surface area contributed by atoms with Crippen LogP contribution in [0.4, 0.5) is 0 Å². The van der Waals surface area contributed by atoms with Gasteiger partial charge in [0.2, 0.25) is 10.0 Å². The fourth-order valence-electron chi connectivity index (χ4n) is 3.57. The Morgan fingerprint density at radius 3 is 2.67 bits per heavy atom. The van der Waals surface area contributed by atoms with E-state index in [0.29, 0.717) is 30.0 Å². The average Bonchev–Trinajstić information content (AvgIpc) is 3.28. The lowest BCUT2D eigenvalue weighted by atomic mass is 10.00. The predicted molar refractivity (Wildman–Crippen MR) is 112 cm³/mol. The molecule has 0 aliphatic carbocycles. The van der Waals surface area contributed by atoms with Crippen molar-refractivity contribution in [3.8, 4) is 17.0 Å². The van der Waals surface area contributed by atoms with Crippen molar-refractivity contribution in [3.63, 3.8) is 0 Å².